The van der Waals surface area contributed by atoms with Gasteiger partial charge in [-0.2, -0.15) is 17.0 Å². The van der Waals surface area contributed by atoms with Gasteiger partial charge in [0.15, 0.2) is 0 Å². The summed E-state index contributed by atoms with van der Waals surface area (Å²) in [7, 11) is 0. The molecule has 0 aromatic heterocycles. The van der Waals surface area contributed by atoms with Gasteiger partial charge in [-0.25, -0.2) is 0 Å². The molecule has 0 N–H and O–H groups in total. The molecule has 0 radical (unpaired) electrons. The lowest BCUT2D eigenvalue weighted by molar-refractivity contribution is -0.387. The van der Waals surface area contributed by atoms with Crippen LogP contribution in [0.3, 0.4) is 0 Å². The van der Waals surface area contributed by atoms with Crippen LogP contribution in [0.2, 0.25) is 0 Å². The molecule has 0 aliphatic carbocycles. The predicted octanol–water partition coefficient (Wildman–Crippen LogP) is 2.06. The van der Waals surface area contributed by atoms with Crippen LogP contribution >= 0.6 is 12.6 Å². The van der Waals surface area contributed by atoms with E-state index in [0.717, 1.165) is 12.1 Å². The van der Waals surface area contributed by atoms with E-state index >= 15 is 0 Å². The van der Waals surface area contributed by atoms with Crippen LogP contribution in [0.4, 0.5) is 10.1 Å². The molecule has 17 heavy (non-hydrogen) atoms. The van der Waals surface area contributed by atoms with E-state index in [0.29, 0.717) is 19.0 Å². The highest BCUT2D eigenvalue weighted by Crippen LogP contribution is 2.22. The van der Waals surface area contributed by atoms with E-state index in [-0.39, 0.29) is 12.4 Å². The fourth-order valence-corrected chi connectivity index (χ4v) is 1.24. The molecule has 1 aromatic rings. The number of halogens is 1. The highest BCUT2D eigenvalue weighted by atomic mass is 32.1. The van der Waals surface area contributed by atoms with E-state index in [1.165, 1.54) is 6.07 Å². The third-order valence-electron chi connectivity index (χ3n) is 1.85. The van der Waals surface area contributed by atoms with Gasteiger partial charge in [0.2, 0.25) is 5.82 Å². The highest BCUT2D eigenvalue weighted by molar-refractivity contribution is 7.80. The molecule has 0 saturated heterocycles. The second-order valence-electron chi connectivity index (χ2n) is 3.05. The standard InChI is InChI=1S/C10H12FNO4S/c11-9-7-8(1-2-10(9)12(13)14)16-4-3-15-5-6-17/h1-2,7,17H,3-6H2. The summed E-state index contributed by atoms with van der Waals surface area (Å²) in [5, 5.41) is 10.4. The highest BCUT2D eigenvalue weighted by Gasteiger charge is 2.13. The largest absolute Gasteiger partial charge is 0.491 e. The van der Waals surface area contributed by atoms with Crippen LogP contribution in [0.15, 0.2) is 18.2 Å². The second-order valence-corrected chi connectivity index (χ2v) is 3.50. The Labute approximate surface area is 103 Å². The van der Waals surface area contributed by atoms with Crippen molar-refractivity contribution in [2.24, 2.45) is 0 Å². The molecular formula is C10H12FNO4S. The first-order valence-electron chi connectivity index (χ1n) is 4.90. The summed E-state index contributed by atoms with van der Waals surface area (Å²) >= 11 is 3.96. The zero-order valence-corrected chi connectivity index (χ0v) is 9.86. The molecule has 7 heteroatoms. The lowest BCUT2D eigenvalue weighted by Gasteiger charge is -2.06. The van der Waals surface area contributed by atoms with Crippen molar-refractivity contribution in [1.29, 1.82) is 0 Å². The van der Waals surface area contributed by atoms with Gasteiger partial charge in [0.1, 0.15) is 12.4 Å². The molecule has 0 amide bonds. The van der Waals surface area contributed by atoms with Gasteiger partial charge in [-0.15, -0.1) is 0 Å². The topological polar surface area (TPSA) is 61.6 Å². The Balaban J connectivity index is 2.45. The van der Waals surface area contributed by atoms with Gasteiger partial charge in [-0.3, -0.25) is 10.1 Å². The number of rotatable bonds is 7. The average Bonchev–Trinajstić information content (AvgIpc) is 2.28. The van der Waals surface area contributed by atoms with Crippen molar-refractivity contribution in [2.75, 3.05) is 25.6 Å². The van der Waals surface area contributed by atoms with Crippen molar-refractivity contribution in [1.82, 2.24) is 0 Å². The van der Waals surface area contributed by atoms with Crippen molar-refractivity contribution in [2.45, 2.75) is 0 Å². The van der Waals surface area contributed by atoms with E-state index < -0.39 is 16.4 Å². The van der Waals surface area contributed by atoms with Gasteiger partial charge in [-0.05, 0) is 6.07 Å². The number of nitrogens with zero attached hydrogens (tertiary/aromatic N) is 1. The van der Waals surface area contributed by atoms with Gasteiger partial charge >= 0.3 is 5.69 Å². The van der Waals surface area contributed by atoms with Gasteiger partial charge in [0.05, 0.1) is 18.1 Å². The molecule has 0 atom stereocenters. The summed E-state index contributed by atoms with van der Waals surface area (Å²) in [4.78, 5) is 9.58. The van der Waals surface area contributed by atoms with E-state index in [4.69, 9.17) is 9.47 Å². The second kappa shape index (κ2) is 7.08. The number of nitro benzene ring substituents is 1. The Bertz CT molecular complexity index is 389. The smallest absolute Gasteiger partial charge is 0.305 e. The fraction of sp³-hybridized carbons (Fsp3) is 0.400. The average molecular weight is 261 g/mol. The molecule has 0 aliphatic rings. The van der Waals surface area contributed by atoms with Crippen molar-refractivity contribution >= 4 is 18.3 Å². The fourth-order valence-electron chi connectivity index (χ4n) is 1.11. The van der Waals surface area contributed by atoms with Crippen LogP contribution in [-0.2, 0) is 4.74 Å². The third kappa shape index (κ3) is 4.58. The molecule has 0 aliphatic heterocycles. The van der Waals surface area contributed by atoms with Crippen LogP contribution < -0.4 is 4.74 Å². The first kappa shape index (κ1) is 13.7. The Morgan fingerprint density at radius 1 is 1.35 bits per heavy atom. The predicted molar refractivity (Wildman–Crippen MR) is 63.2 cm³/mol. The monoisotopic (exact) mass is 261 g/mol. The first-order chi connectivity index (χ1) is 8.15. The lowest BCUT2D eigenvalue weighted by atomic mass is 10.3. The summed E-state index contributed by atoms with van der Waals surface area (Å²) in [5.74, 6) is -0.0575. The van der Waals surface area contributed by atoms with Crippen LogP contribution in [-0.4, -0.2) is 30.5 Å². The minimum atomic E-state index is -0.913. The van der Waals surface area contributed by atoms with Crippen molar-refractivity contribution < 1.29 is 18.8 Å². The van der Waals surface area contributed by atoms with E-state index in [1.807, 2.05) is 0 Å². The number of hydrogen-bond acceptors (Lipinski definition) is 5. The number of nitro groups is 1. The van der Waals surface area contributed by atoms with Gasteiger partial charge < -0.3 is 9.47 Å². The van der Waals surface area contributed by atoms with Crippen LogP contribution in [0, 0.1) is 15.9 Å². The molecule has 0 heterocycles. The van der Waals surface area contributed by atoms with Crippen LogP contribution in [0.1, 0.15) is 0 Å². The minimum Gasteiger partial charge on any atom is -0.491 e. The normalized spacial score (nSPS) is 10.2. The Hall–Kier alpha value is -1.34. The minimum absolute atomic E-state index is 0.238. The zero-order chi connectivity index (χ0) is 12.7. The van der Waals surface area contributed by atoms with Gasteiger partial charge in [0, 0.05) is 17.9 Å². The van der Waals surface area contributed by atoms with Crippen molar-refractivity contribution in [3.05, 3.63) is 34.1 Å². The molecule has 1 rings (SSSR count). The van der Waals surface area contributed by atoms with Gasteiger partial charge in [-0.1, -0.05) is 0 Å². The molecule has 1 aromatic carbocycles. The molecule has 94 valence electrons. The summed E-state index contributed by atoms with van der Waals surface area (Å²) in [5.41, 5.74) is -0.566. The maximum Gasteiger partial charge on any atom is 0.305 e. The molecule has 0 spiro atoms. The Morgan fingerprint density at radius 2 is 2.12 bits per heavy atom. The summed E-state index contributed by atoms with van der Waals surface area (Å²) in [6.45, 7) is 1.13. The quantitative estimate of drug-likeness (QED) is 0.353. The molecule has 0 bridgehead atoms. The number of thiol groups is 1. The maximum atomic E-state index is 13.2. The van der Waals surface area contributed by atoms with Crippen LogP contribution in [0.25, 0.3) is 0 Å². The molecular weight excluding hydrogens is 249 g/mol. The molecule has 0 unspecified atom stereocenters. The molecule has 5 nitrogen and oxygen atoms in total. The number of ether oxygens (including phenoxy) is 2. The summed E-state index contributed by atoms with van der Waals surface area (Å²) in [6.07, 6.45) is 0. The van der Waals surface area contributed by atoms with Crippen molar-refractivity contribution in [3.8, 4) is 5.75 Å². The summed E-state index contributed by atoms with van der Waals surface area (Å²) in [6, 6.07) is 3.40. The van der Waals surface area contributed by atoms with Gasteiger partial charge in [0.25, 0.3) is 0 Å². The van der Waals surface area contributed by atoms with Crippen molar-refractivity contribution in [3.63, 3.8) is 0 Å². The lowest BCUT2D eigenvalue weighted by Crippen LogP contribution is -2.08. The summed E-state index contributed by atoms with van der Waals surface area (Å²) < 4.78 is 23.4. The molecule has 0 fully saturated rings. The van der Waals surface area contributed by atoms with E-state index in [9.17, 15) is 14.5 Å². The Kier molecular flexibility index (Phi) is 5.71. The SMILES string of the molecule is O=[N+]([O-])c1ccc(OCCOCCS)cc1F. The third-order valence-corrected chi connectivity index (χ3v) is 2.03. The van der Waals surface area contributed by atoms with E-state index in [2.05, 4.69) is 12.6 Å². The molecule has 0 saturated carbocycles. The Morgan fingerprint density at radius 3 is 2.71 bits per heavy atom. The van der Waals surface area contributed by atoms with Crippen LogP contribution in [0.5, 0.6) is 5.75 Å². The van der Waals surface area contributed by atoms with E-state index in [1.54, 1.807) is 0 Å². The number of benzene rings is 1. The first-order valence-corrected chi connectivity index (χ1v) is 5.53. The zero-order valence-electron chi connectivity index (χ0n) is 8.97. The number of hydrogen-bond donors (Lipinski definition) is 1. The maximum absolute atomic E-state index is 13.2.